The predicted octanol–water partition coefficient (Wildman–Crippen LogP) is 4.72. The smallest absolute Gasteiger partial charge is 0.253 e. The lowest BCUT2D eigenvalue weighted by Gasteiger charge is -2.24. The number of pyridine rings is 1. The molecule has 0 radical (unpaired) electrons. The number of amides is 1. The number of H-pyrrole nitrogens is 1. The zero-order valence-electron chi connectivity index (χ0n) is 22.3. The number of methoxy groups -OCH3 is 1. The molecule has 2 aromatic heterocycles. The van der Waals surface area contributed by atoms with Crippen LogP contribution in [0.25, 0.3) is 27.7 Å². The van der Waals surface area contributed by atoms with Crippen molar-refractivity contribution in [2.24, 2.45) is 0 Å². The van der Waals surface area contributed by atoms with Gasteiger partial charge in [-0.05, 0) is 49.9 Å². The molecule has 2 N–H and O–H groups in total. The fourth-order valence-corrected chi connectivity index (χ4v) is 4.53. The Bertz CT molecular complexity index is 1300. The molecular weight excluding hydrogens is 462 g/mol. The van der Waals surface area contributed by atoms with Gasteiger partial charge in [-0.3, -0.25) is 4.79 Å². The molecule has 0 atom stereocenters. The van der Waals surface area contributed by atoms with E-state index in [0.29, 0.717) is 12.1 Å². The van der Waals surface area contributed by atoms with E-state index in [9.17, 15) is 4.79 Å². The minimum atomic E-state index is 0.0324. The molecule has 3 aromatic rings. The van der Waals surface area contributed by atoms with Gasteiger partial charge in [0.2, 0.25) is 0 Å². The van der Waals surface area contributed by atoms with Gasteiger partial charge in [0.25, 0.3) is 5.91 Å². The van der Waals surface area contributed by atoms with Gasteiger partial charge in [0, 0.05) is 73.3 Å². The lowest BCUT2D eigenvalue weighted by molar-refractivity contribution is 0.0779. The van der Waals surface area contributed by atoms with Crippen molar-refractivity contribution >= 4 is 22.5 Å². The van der Waals surface area contributed by atoms with Crippen LogP contribution in [0.15, 0.2) is 72.8 Å². The second-order valence-electron chi connectivity index (χ2n) is 9.18. The van der Waals surface area contributed by atoms with Crippen LogP contribution in [0.2, 0.25) is 0 Å². The normalized spacial score (nSPS) is 13.4. The number of aromatic amines is 1. The van der Waals surface area contributed by atoms with Crippen molar-refractivity contribution in [1.29, 1.82) is 0 Å². The molecule has 0 aliphatic heterocycles. The molecular formula is C30H37N5O2. The van der Waals surface area contributed by atoms with Gasteiger partial charge in [0.15, 0.2) is 0 Å². The Kier molecular flexibility index (Phi) is 8.93. The highest BCUT2D eigenvalue weighted by Gasteiger charge is 2.16. The summed E-state index contributed by atoms with van der Waals surface area (Å²) in [6, 6.07) is 9.94. The maximum Gasteiger partial charge on any atom is 0.253 e. The number of hydrogen-bond donors (Lipinski definition) is 2. The molecule has 1 amide bonds. The van der Waals surface area contributed by atoms with Crippen molar-refractivity contribution in [2.75, 3.05) is 53.9 Å². The number of allylic oxidation sites excluding steroid dienone is 5. The minimum Gasteiger partial charge on any atom is -0.496 e. The lowest BCUT2D eigenvalue weighted by Crippen LogP contribution is -2.38. The van der Waals surface area contributed by atoms with Gasteiger partial charge in [-0.1, -0.05) is 37.3 Å². The van der Waals surface area contributed by atoms with Crippen LogP contribution < -0.4 is 5.32 Å². The number of nitrogens with zero attached hydrogens (tertiary/aromatic N) is 3. The molecule has 7 heteroatoms. The fraction of sp³-hybridized carbons (Fsp3) is 0.333. The summed E-state index contributed by atoms with van der Waals surface area (Å²) >= 11 is 0. The molecule has 7 nitrogen and oxygen atoms in total. The van der Waals surface area contributed by atoms with Crippen LogP contribution in [0.1, 0.15) is 29.3 Å². The van der Waals surface area contributed by atoms with Crippen molar-refractivity contribution in [3.8, 4) is 11.1 Å². The van der Waals surface area contributed by atoms with E-state index >= 15 is 0 Å². The molecule has 0 fully saturated rings. The number of carbonyl (C=O) groups excluding carboxylic acids is 1. The number of benzene rings is 1. The van der Waals surface area contributed by atoms with Crippen molar-refractivity contribution in [3.63, 3.8) is 0 Å². The van der Waals surface area contributed by atoms with Gasteiger partial charge < -0.3 is 24.8 Å². The first-order valence-corrected chi connectivity index (χ1v) is 12.9. The third-order valence-electron chi connectivity index (χ3n) is 6.83. The average Bonchev–Trinajstić information content (AvgIpc) is 3.21. The highest BCUT2D eigenvalue weighted by molar-refractivity contribution is 5.97. The first-order valence-electron chi connectivity index (χ1n) is 12.9. The summed E-state index contributed by atoms with van der Waals surface area (Å²) in [5.74, 6) is 0.886. The average molecular weight is 500 g/mol. The molecule has 0 saturated heterocycles. The zero-order chi connectivity index (χ0) is 26.2. The monoisotopic (exact) mass is 499 g/mol. The predicted molar refractivity (Wildman–Crippen MR) is 151 cm³/mol. The Morgan fingerprint density at radius 1 is 1.16 bits per heavy atom. The van der Waals surface area contributed by atoms with Gasteiger partial charge in [-0.15, -0.1) is 0 Å². The van der Waals surface area contributed by atoms with Gasteiger partial charge >= 0.3 is 0 Å². The summed E-state index contributed by atoms with van der Waals surface area (Å²) in [6.45, 7) is 6.58. The van der Waals surface area contributed by atoms with Gasteiger partial charge in [0.05, 0.1) is 7.11 Å². The molecule has 4 rings (SSSR count). The van der Waals surface area contributed by atoms with Gasteiger partial charge in [-0.2, -0.15) is 0 Å². The van der Waals surface area contributed by atoms with E-state index in [1.54, 1.807) is 12.0 Å². The maximum atomic E-state index is 13.0. The van der Waals surface area contributed by atoms with Crippen LogP contribution in [0.5, 0.6) is 0 Å². The molecule has 1 aliphatic carbocycles. The lowest BCUT2D eigenvalue weighted by atomic mass is 10.00. The molecule has 0 unspecified atom stereocenters. The topological polar surface area (TPSA) is 73.5 Å². The summed E-state index contributed by atoms with van der Waals surface area (Å²) < 4.78 is 5.66. The Morgan fingerprint density at radius 2 is 1.97 bits per heavy atom. The summed E-state index contributed by atoms with van der Waals surface area (Å²) in [4.78, 5) is 25.1. The Hall–Kier alpha value is -3.68. The number of rotatable bonds is 11. The molecule has 2 heterocycles. The van der Waals surface area contributed by atoms with E-state index in [1.807, 2.05) is 50.8 Å². The van der Waals surface area contributed by atoms with Crippen LogP contribution >= 0.6 is 0 Å². The van der Waals surface area contributed by atoms with E-state index < -0.39 is 0 Å². The second-order valence-corrected chi connectivity index (χ2v) is 9.18. The summed E-state index contributed by atoms with van der Waals surface area (Å²) in [5.41, 5.74) is 5.60. The number of nitrogens with one attached hydrogen (secondary N) is 2. The molecule has 37 heavy (non-hydrogen) atoms. The third-order valence-corrected chi connectivity index (χ3v) is 6.83. The number of carbonyl (C=O) groups is 1. The highest BCUT2D eigenvalue weighted by Crippen LogP contribution is 2.33. The van der Waals surface area contributed by atoms with Crippen LogP contribution in [0, 0.1) is 0 Å². The third kappa shape index (κ3) is 6.18. The number of aromatic nitrogens is 2. The van der Waals surface area contributed by atoms with Crippen LogP contribution in [-0.2, 0) is 4.74 Å². The quantitative estimate of drug-likeness (QED) is 0.400. The molecule has 194 valence electrons. The largest absolute Gasteiger partial charge is 0.496 e. The van der Waals surface area contributed by atoms with E-state index in [2.05, 4.69) is 57.5 Å². The van der Waals surface area contributed by atoms with Crippen LogP contribution in [-0.4, -0.2) is 79.6 Å². The minimum absolute atomic E-state index is 0.0324. The number of hydrogen-bond acceptors (Lipinski definition) is 5. The zero-order valence-corrected chi connectivity index (χ0v) is 22.3. The fourth-order valence-electron chi connectivity index (χ4n) is 4.53. The van der Waals surface area contributed by atoms with Gasteiger partial charge in [0.1, 0.15) is 11.4 Å². The van der Waals surface area contributed by atoms with Crippen LogP contribution in [0.3, 0.4) is 0 Å². The van der Waals surface area contributed by atoms with Crippen LogP contribution in [0.4, 0.5) is 0 Å². The van der Waals surface area contributed by atoms with E-state index in [-0.39, 0.29) is 5.91 Å². The number of likely N-dealkylation sites (N-methyl/N-ethyl adjacent to an activating group) is 3. The van der Waals surface area contributed by atoms with Crippen molar-refractivity contribution in [2.45, 2.75) is 13.3 Å². The van der Waals surface area contributed by atoms with E-state index in [1.165, 1.54) is 0 Å². The van der Waals surface area contributed by atoms with Crippen molar-refractivity contribution < 1.29 is 9.53 Å². The molecule has 1 aromatic carbocycles. The maximum absolute atomic E-state index is 13.0. The summed E-state index contributed by atoms with van der Waals surface area (Å²) in [7, 11) is 5.53. The van der Waals surface area contributed by atoms with E-state index in [0.717, 1.165) is 71.7 Å². The summed E-state index contributed by atoms with van der Waals surface area (Å²) in [5, 5.41) is 4.21. The molecule has 0 spiro atoms. The highest BCUT2D eigenvalue weighted by atomic mass is 16.5. The van der Waals surface area contributed by atoms with Gasteiger partial charge in [-0.25, -0.2) is 4.98 Å². The first kappa shape index (κ1) is 26.4. The molecule has 1 aliphatic rings. The molecule has 0 saturated carbocycles. The van der Waals surface area contributed by atoms with Crippen molar-refractivity contribution in [3.05, 3.63) is 83.9 Å². The number of fused-ring (bicyclic) bond motifs is 1. The first-order chi connectivity index (χ1) is 18.0. The molecule has 0 bridgehead atoms. The Morgan fingerprint density at radius 3 is 2.70 bits per heavy atom. The Labute approximate surface area is 219 Å². The summed E-state index contributed by atoms with van der Waals surface area (Å²) in [6.07, 6.45) is 13.0. The van der Waals surface area contributed by atoms with Crippen molar-refractivity contribution in [1.82, 2.24) is 25.1 Å². The SMILES string of the molecule is CCN(CCNC)CCN(C)C(=O)c1ccc(-c2cnc3[nH]cc(C4=CC=CCC=C4OC)c3c2)cc1. The number of ether oxygens (including phenoxy) is 1. The standard InChI is InChI=1S/C30H37N5O2/c1-5-35(16-15-31-2)18-17-34(3)30(36)23-13-11-22(12-14-23)24-19-26-27(21-33-29(26)32-20-24)25-9-7-6-8-10-28(25)37-4/h6-7,9-14,19-21,31H,5,8,15-18H2,1-4H3,(H,32,33). The second kappa shape index (κ2) is 12.5. The van der Waals surface area contributed by atoms with E-state index in [4.69, 9.17) is 4.74 Å². The Balaban J connectivity index is 1.51.